The molecule has 6 heteroatoms. The molecular weight excluding hydrogens is 436 g/mol. The second-order valence-electron chi connectivity index (χ2n) is 8.47. The monoisotopic (exact) mass is 460 g/mol. The lowest BCUT2D eigenvalue weighted by atomic mass is 9.85. The molecule has 1 aromatic heterocycles. The van der Waals surface area contributed by atoms with Gasteiger partial charge in [0.2, 0.25) is 0 Å². The van der Waals surface area contributed by atoms with Crippen LogP contribution in [-0.4, -0.2) is 29.0 Å². The number of ketones is 2. The Morgan fingerprint density at radius 3 is 2.42 bits per heavy atom. The van der Waals surface area contributed by atoms with Crippen LogP contribution in [0.3, 0.4) is 0 Å². The van der Waals surface area contributed by atoms with Crippen LogP contribution in [0.15, 0.2) is 60.8 Å². The lowest BCUT2D eigenvalue weighted by Crippen LogP contribution is -2.27. The zero-order chi connectivity index (χ0) is 23.5. The second kappa shape index (κ2) is 9.67. The van der Waals surface area contributed by atoms with Crippen LogP contribution in [0.2, 0.25) is 5.02 Å². The summed E-state index contributed by atoms with van der Waals surface area (Å²) in [6.45, 7) is 4.18. The van der Waals surface area contributed by atoms with E-state index in [1.165, 1.54) is 0 Å². The number of pyridine rings is 1. The van der Waals surface area contributed by atoms with Gasteiger partial charge in [-0.3, -0.25) is 19.4 Å². The normalized spacial score (nSPS) is 17.9. The predicted octanol–water partition coefficient (Wildman–Crippen LogP) is 5.08. The topological polar surface area (TPSA) is 76.1 Å². The number of amides is 1. The van der Waals surface area contributed by atoms with Gasteiger partial charge < -0.3 is 5.32 Å². The van der Waals surface area contributed by atoms with Crippen LogP contribution in [0, 0.1) is 19.8 Å². The van der Waals surface area contributed by atoms with Gasteiger partial charge in [0, 0.05) is 35.7 Å². The molecule has 2 aromatic carbocycles. The molecule has 2 unspecified atom stereocenters. The van der Waals surface area contributed by atoms with Crippen LogP contribution in [0.5, 0.6) is 0 Å². The Kier molecular flexibility index (Phi) is 6.70. The van der Waals surface area contributed by atoms with Crippen LogP contribution in [0.1, 0.15) is 45.9 Å². The standard InChI is InChI=1S/C27H25ClN2O3/c1-16-13-19(20-7-3-4-8-21(20)28)14-17(2)24(16)25-23(31)15-18(26(25)32)10-12-30-27(33)22-9-5-6-11-29-22/h3-9,11,13-14,18,25H,10,12,15H2,1-2H3,(H,30,33). The fourth-order valence-corrected chi connectivity index (χ4v) is 4.88. The van der Waals surface area contributed by atoms with E-state index in [-0.39, 0.29) is 23.9 Å². The van der Waals surface area contributed by atoms with Crippen molar-refractivity contribution >= 4 is 29.1 Å². The molecule has 2 atom stereocenters. The SMILES string of the molecule is Cc1cc(-c2ccccc2Cl)cc(C)c1C1C(=O)CC(CCNC(=O)c2ccccn2)C1=O. The average molecular weight is 461 g/mol. The minimum Gasteiger partial charge on any atom is -0.351 e. The lowest BCUT2D eigenvalue weighted by Gasteiger charge is -2.18. The van der Waals surface area contributed by atoms with Gasteiger partial charge >= 0.3 is 0 Å². The third kappa shape index (κ3) is 4.74. The smallest absolute Gasteiger partial charge is 0.269 e. The summed E-state index contributed by atoms with van der Waals surface area (Å²) in [4.78, 5) is 42.3. The van der Waals surface area contributed by atoms with E-state index < -0.39 is 11.8 Å². The highest BCUT2D eigenvalue weighted by molar-refractivity contribution is 6.33. The first-order valence-electron chi connectivity index (χ1n) is 11.0. The van der Waals surface area contributed by atoms with Crippen molar-refractivity contribution < 1.29 is 14.4 Å². The number of aromatic nitrogens is 1. The maximum absolute atomic E-state index is 13.2. The van der Waals surface area contributed by atoms with Gasteiger partial charge in [-0.1, -0.05) is 48.0 Å². The van der Waals surface area contributed by atoms with E-state index in [2.05, 4.69) is 10.3 Å². The van der Waals surface area contributed by atoms with Gasteiger partial charge in [-0.2, -0.15) is 0 Å². The van der Waals surface area contributed by atoms with Crippen LogP contribution in [-0.2, 0) is 9.59 Å². The van der Waals surface area contributed by atoms with Crippen LogP contribution in [0.25, 0.3) is 11.1 Å². The van der Waals surface area contributed by atoms with Crippen molar-refractivity contribution in [3.05, 3.63) is 88.2 Å². The number of hydrogen-bond acceptors (Lipinski definition) is 4. The summed E-state index contributed by atoms with van der Waals surface area (Å²) in [7, 11) is 0. The molecule has 1 aliphatic rings. The average Bonchev–Trinajstić information content (AvgIpc) is 3.07. The molecule has 1 amide bonds. The van der Waals surface area contributed by atoms with Crippen molar-refractivity contribution in [3.63, 3.8) is 0 Å². The Hall–Kier alpha value is -3.31. The van der Waals surface area contributed by atoms with E-state index in [9.17, 15) is 14.4 Å². The maximum Gasteiger partial charge on any atom is 0.269 e. The minimum absolute atomic E-state index is 0.0576. The third-order valence-corrected chi connectivity index (χ3v) is 6.53. The Morgan fingerprint density at radius 1 is 1.06 bits per heavy atom. The van der Waals surface area contributed by atoms with Gasteiger partial charge in [0.05, 0.1) is 0 Å². The van der Waals surface area contributed by atoms with E-state index in [4.69, 9.17) is 11.6 Å². The third-order valence-electron chi connectivity index (χ3n) is 6.20. The number of carbonyl (C=O) groups is 3. The summed E-state index contributed by atoms with van der Waals surface area (Å²) in [5.74, 6) is -1.55. The second-order valence-corrected chi connectivity index (χ2v) is 8.87. The van der Waals surface area contributed by atoms with Crippen LogP contribution in [0.4, 0.5) is 0 Å². The first-order chi connectivity index (χ1) is 15.9. The van der Waals surface area contributed by atoms with E-state index >= 15 is 0 Å². The molecular formula is C27H25ClN2O3. The molecule has 1 aliphatic carbocycles. The van der Waals surface area contributed by atoms with E-state index in [1.807, 2.05) is 50.2 Å². The van der Waals surface area contributed by atoms with Crippen molar-refractivity contribution in [1.29, 1.82) is 0 Å². The molecule has 5 nitrogen and oxygen atoms in total. The molecule has 1 heterocycles. The molecule has 33 heavy (non-hydrogen) atoms. The van der Waals surface area contributed by atoms with Crippen molar-refractivity contribution in [2.24, 2.45) is 5.92 Å². The number of rotatable bonds is 6. The van der Waals surface area contributed by atoms with Gasteiger partial charge in [0.25, 0.3) is 5.91 Å². The van der Waals surface area contributed by atoms with E-state index in [0.717, 1.165) is 27.8 Å². The van der Waals surface area contributed by atoms with Crippen molar-refractivity contribution in [2.75, 3.05) is 6.54 Å². The first-order valence-corrected chi connectivity index (χ1v) is 11.4. The van der Waals surface area contributed by atoms with Crippen molar-refractivity contribution in [3.8, 4) is 11.1 Å². The Morgan fingerprint density at radius 2 is 1.76 bits per heavy atom. The first kappa shape index (κ1) is 22.9. The quantitative estimate of drug-likeness (QED) is 0.520. The number of halogens is 1. The lowest BCUT2D eigenvalue weighted by molar-refractivity contribution is -0.124. The molecule has 0 saturated heterocycles. The molecule has 0 radical (unpaired) electrons. The molecule has 3 aromatic rings. The molecule has 4 rings (SSSR count). The van der Waals surface area contributed by atoms with Gasteiger partial charge in [-0.05, 0) is 60.7 Å². The van der Waals surface area contributed by atoms with E-state index in [1.54, 1.807) is 24.4 Å². The zero-order valence-corrected chi connectivity index (χ0v) is 19.4. The highest BCUT2D eigenvalue weighted by atomic mass is 35.5. The van der Waals surface area contributed by atoms with Crippen molar-refractivity contribution in [1.82, 2.24) is 10.3 Å². The van der Waals surface area contributed by atoms with Gasteiger partial charge in [0.15, 0.2) is 5.78 Å². The highest BCUT2D eigenvalue weighted by Gasteiger charge is 2.42. The number of nitrogens with one attached hydrogen (secondary N) is 1. The molecule has 1 N–H and O–H groups in total. The summed E-state index contributed by atoms with van der Waals surface area (Å²) in [5, 5.41) is 3.45. The number of nitrogens with zero attached hydrogens (tertiary/aromatic N) is 1. The summed E-state index contributed by atoms with van der Waals surface area (Å²) in [5.41, 5.74) is 4.81. The Bertz CT molecular complexity index is 1200. The Balaban J connectivity index is 1.48. The number of aryl methyl sites for hydroxylation is 2. The molecule has 0 spiro atoms. The number of hydrogen-bond donors (Lipinski definition) is 1. The van der Waals surface area contributed by atoms with Crippen LogP contribution >= 0.6 is 11.6 Å². The molecule has 1 fully saturated rings. The summed E-state index contributed by atoms with van der Waals surface area (Å²) in [6, 6.07) is 16.7. The molecule has 0 aliphatic heterocycles. The van der Waals surface area contributed by atoms with Gasteiger partial charge in [0.1, 0.15) is 17.4 Å². The summed E-state index contributed by atoms with van der Waals surface area (Å²) in [6.07, 6.45) is 2.18. The fourth-order valence-electron chi connectivity index (χ4n) is 4.63. The summed E-state index contributed by atoms with van der Waals surface area (Å²) < 4.78 is 0. The largest absolute Gasteiger partial charge is 0.351 e. The highest BCUT2D eigenvalue weighted by Crippen LogP contribution is 2.39. The van der Waals surface area contributed by atoms with Crippen molar-refractivity contribution in [2.45, 2.75) is 32.6 Å². The summed E-state index contributed by atoms with van der Waals surface area (Å²) >= 11 is 6.36. The molecule has 0 bridgehead atoms. The molecule has 168 valence electrons. The molecule has 1 saturated carbocycles. The Labute approximate surface area is 198 Å². The fraction of sp³-hybridized carbons (Fsp3) is 0.259. The van der Waals surface area contributed by atoms with Crippen LogP contribution < -0.4 is 5.32 Å². The van der Waals surface area contributed by atoms with Gasteiger partial charge in [-0.15, -0.1) is 0 Å². The minimum atomic E-state index is -0.748. The number of Topliss-reactive ketones (excluding diaryl/α,β-unsaturated/α-hetero) is 2. The zero-order valence-electron chi connectivity index (χ0n) is 18.6. The van der Waals surface area contributed by atoms with Gasteiger partial charge in [-0.25, -0.2) is 0 Å². The van der Waals surface area contributed by atoms with E-state index in [0.29, 0.717) is 23.7 Å². The predicted molar refractivity (Wildman–Crippen MR) is 128 cm³/mol. The maximum atomic E-state index is 13.2. The number of benzene rings is 2. The number of carbonyl (C=O) groups excluding carboxylic acids is 3.